The highest BCUT2D eigenvalue weighted by Gasteiger charge is 2.42. The molecular formula is C28H34N2O5. The molecule has 1 heterocycles. The van der Waals surface area contributed by atoms with Crippen LogP contribution in [-0.4, -0.2) is 53.7 Å². The van der Waals surface area contributed by atoms with Crippen molar-refractivity contribution in [2.24, 2.45) is 5.41 Å². The molecule has 35 heavy (non-hydrogen) atoms. The van der Waals surface area contributed by atoms with Gasteiger partial charge in [0.25, 0.3) is 0 Å². The van der Waals surface area contributed by atoms with E-state index in [1.165, 1.54) is 0 Å². The number of amides is 2. The summed E-state index contributed by atoms with van der Waals surface area (Å²) < 4.78 is 5.61. The number of benzene rings is 2. The third-order valence-electron chi connectivity index (χ3n) is 7.56. The molecule has 2 aliphatic rings. The molecule has 2 N–H and O–H groups in total. The van der Waals surface area contributed by atoms with E-state index in [0.29, 0.717) is 38.8 Å². The molecule has 7 nitrogen and oxygen atoms in total. The second-order valence-corrected chi connectivity index (χ2v) is 9.59. The van der Waals surface area contributed by atoms with Crippen LogP contribution >= 0.6 is 0 Å². The van der Waals surface area contributed by atoms with Crippen molar-refractivity contribution in [3.8, 4) is 11.1 Å². The van der Waals surface area contributed by atoms with E-state index in [2.05, 4.69) is 29.6 Å². The van der Waals surface area contributed by atoms with Crippen LogP contribution in [0.4, 0.5) is 4.79 Å². The van der Waals surface area contributed by atoms with Gasteiger partial charge in [-0.2, -0.15) is 0 Å². The quantitative estimate of drug-likeness (QED) is 0.568. The molecule has 2 aromatic rings. The summed E-state index contributed by atoms with van der Waals surface area (Å²) in [7, 11) is 0. The number of nitrogens with zero attached hydrogens (tertiary/aromatic N) is 1. The Morgan fingerprint density at radius 1 is 1.03 bits per heavy atom. The van der Waals surface area contributed by atoms with E-state index in [9.17, 15) is 19.5 Å². The summed E-state index contributed by atoms with van der Waals surface area (Å²) in [5.74, 6) is -1.01. The van der Waals surface area contributed by atoms with Gasteiger partial charge in [0.1, 0.15) is 12.6 Å². The summed E-state index contributed by atoms with van der Waals surface area (Å²) in [6, 6.07) is 15.6. The predicted octanol–water partition coefficient (Wildman–Crippen LogP) is 4.80. The lowest BCUT2D eigenvalue weighted by molar-refractivity contribution is -0.155. The number of alkyl carbamates (subject to hydrolysis) is 1. The highest BCUT2D eigenvalue weighted by atomic mass is 16.5. The SMILES string of the molecule is CCCC1(C(=O)O)CCN(C(=O)[C@@H](CC)NC(=O)OCC2c3ccccc3-c3ccccc32)CC1. The Hall–Kier alpha value is -3.35. The standard InChI is InChI=1S/C28H34N2O5/c1-3-13-28(26(32)33)14-16-30(17-15-28)25(31)24(4-2)29-27(34)35-18-23-21-11-7-5-9-19(21)20-10-6-8-12-22(20)23/h5-12,23-24H,3-4,13-18H2,1-2H3,(H,29,34)(H,32,33)/t24-/m1/s1. The van der Waals surface area contributed by atoms with Crippen molar-refractivity contribution in [3.63, 3.8) is 0 Å². The Balaban J connectivity index is 1.35. The van der Waals surface area contributed by atoms with Crippen LogP contribution in [0.2, 0.25) is 0 Å². The van der Waals surface area contributed by atoms with Gasteiger partial charge in [0.15, 0.2) is 0 Å². The highest BCUT2D eigenvalue weighted by Crippen LogP contribution is 2.44. The Morgan fingerprint density at radius 2 is 1.60 bits per heavy atom. The molecule has 1 fully saturated rings. The van der Waals surface area contributed by atoms with Gasteiger partial charge >= 0.3 is 12.1 Å². The molecule has 4 rings (SSSR count). The number of likely N-dealkylation sites (tertiary alicyclic amines) is 1. The van der Waals surface area contributed by atoms with Gasteiger partial charge in [0, 0.05) is 19.0 Å². The molecule has 0 unspecified atom stereocenters. The molecule has 0 saturated carbocycles. The second-order valence-electron chi connectivity index (χ2n) is 9.59. The molecule has 0 aromatic heterocycles. The van der Waals surface area contributed by atoms with E-state index in [4.69, 9.17) is 4.74 Å². The smallest absolute Gasteiger partial charge is 0.407 e. The van der Waals surface area contributed by atoms with Gasteiger partial charge in [-0.1, -0.05) is 68.8 Å². The maximum atomic E-state index is 13.1. The lowest BCUT2D eigenvalue weighted by atomic mass is 9.75. The number of carboxylic acid groups (broad SMARTS) is 1. The van der Waals surface area contributed by atoms with Crippen molar-refractivity contribution >= 4 is 18.0 Å². The van der Waals surface area contributed by atoms with Gasteiger partial charge < -0.3 is 20.1 Å². The summed E-state index contributed by atoms with van der Waals surface area (Å²) >= 11 is 0. The zero-order valence-electron chi connectivity index (χ0n) is 20.5. The molecule has 0 spiro atoms. The maximum absolute atomic E-state index is 13.1. The van der Waals surface area contributed by atoms with Crippen molar-refractivity contribution in [2.75, 3.05) is 19.7 Å². The Labute approximate surface area is 206 Å². The van der Waals surface area contributed by atoms with E-state index in [0.717, 1.165) is 28.7 Å². The predicted molar refractivity (Wildman–Crippen MR) is 133 cm³/mol. The zero-order valence-corrected chi connectivity index (χ0v) is 20.5. The van der Waals surface area contributed by atoms with Crippen molar-refractivity contribution in [1.82, 2.24) is 10.2 Å². The first-order chi connectivity index (χ1) is 16.9. The minimum absolute atomic E-state index is 0.0475. The number of fused-ring (bicyclic) bond motifs is 3. The monoisotopic (exact) mass is 478 g/mol. The fourth-order valence-electron chi connectivity index (χ4n) is 5.55. The van der Waals surface area contributed by atoms with Crippen LogP contribution in [0, 0.1) is 5.41 Å². The number of rotatable bonds is 8. The number of carbonyl (C=O) groups is 3. The van der Waals surface area contributed by atoms with Crippen LogP contribution in [0.15, 0.2) is 48.5 Å². The van der Waals surface area contributed by atoms with E-state index in [1.807, 2.05) is 38.1 Å². The molecule has 2 amide bonds. The van der Waals surface area contributed by atoms with Gasteiger partial charge in [0.2, 0.25) is 5.91 Å². The molecule has 1 saturated heterocycles. The van der Waals surface area contributed by atoms with E-state index in [-0.39, 0.29) is 18.4 Å². The Morgan fingerprint density at radius 3 is 2.11 bits per heavy atom. The highest BCUT2D eigenvalue weighted by molar-refractivity contribution is 5.86. The first-order valence-electron chi connectivity index (χ1n) is 12.5. The number of piperidine rings is 1. The number of carboxylic acids is 1. The number of nitrogens with one attached hydrogen (secondary N) is 1. The summed E-state index contributed by atoms with van der Waals surface area (Å²) in [4.78, 5) is 39.3. The van der Waals surface area contributed by atoms with Crippen LogP contribution in [0.3, 0.4) is 0 Å². The molecule has 0 radical (unpaired) electrons. The van der Waals surface area contributed by atoms with E-state index < -0.39 is 23.5 Å². The molecule has 0 bridgehead atoms. The number of carbonyl (C=O) groups excluding carboxylic acids is 2. The van der Waals surface area contributed by atoms with Gasteiger partial charge in [-0.05, 0) is 47.9 Å². The van der Waals surface area contributed by atoms with Crippen molar-refractivity contribution in [3.05, 3.63) is 59.7 Å². The first kappa shape index (κ1) is 24.8. The van der Waals surface area contributed by atoms with Crippen molar-refractivity contribution in [2.45, 2.75) is 57.9 Å². The van der Waals surface area contributed by atoms with Crippen LogP contribution in [-0.2, 0) is 14.3 Å². The van der Waals surface area contributed by atoms with Crippen LogP contribution in [0.1, 0.15) is 63.0 Å². The molecule has 7 heteroatoms. The zero-order chi connectivity index (χ0) is 25.0. The third kappa shape index (κ3) is 4.90. The number of hydrogen-bond donors (Lipinski definition) is 2. The molecule has 2 aromatic carbocycles. The van der Waals surface area contributed by atoms with Gasteiger partial charge in [-0.25, -0.2) is 4.79 Å². The molecule has 186 valence electrons. The van der Waals surface area contributed by atoms with Crippen LogP contribution in [0.25, 0.3) is 11.1 Å². The maximum Gasteiger partial charge on any atom is 0.407 e. The number of aliphatic carboxylic acids is 1. The van der Waals surface area contributed by atoms with E-state index >= 15 is 0 Å². The number of hydrogen-bond acceptors (Lipinski definition) is 4. The molecular weight excluding hydrogens is 444 g/mol. The average Bonchev–Trinajstić information content (AvgIpc) is 3.20. The van der Waals surface area contributed by atoms with Crippen LogP contribution in [0.5, 0.6) is 0 Å². The van der Waals surface area contributed by atoms with Crippen molar-refractivity contribution in [1.29, 1.82) is 0 Å². The summed E-state index contributed by atoms with van der Waals surface area (Å²) in [5, 5.41) is 12.4. The fraction of sp³-hybridized carbons (Fsp3) is 0.464. The minimum Gasteiger partial charge on any atom is -0.481 e. The normalized spacial score (nSPS) is 17.3. The first-order valence-corrected chi connectivity index (χ1v) is 12.5. The van der Waals surface area contributed by atoms with Crippen molar-refractivity contribution < 1.29 is 24.2 Å². The minimum atomic E-state index is -0.782. The Kier molecular flexibility index (Phi) is 7.43. The molecule has 1 atom stereocenters. The average molecular weight is 479 g/mol. The van der Waals surface area contributed by atoms with Gasteiger partial charge in [0.05, 0.1) is 5.41 Å². The largest absolute Gasteiger partial charge is 0.481 e. The fourth-order valence-corrected chi connectivity index (χ4v) is 5.55. The summed E-state index contributed by atoms with van der Waals surface area (Å²) in [6.45, 7) is 4.77. The molecule has 1 aliphatic carbocycles. The third-order valence-corrected chi connectivity index (χ3v) is 7.56. The van der Waals surface area contributed by atoms with E-state index in [1.54, 1.807) is 4.90 Å². The van der Waals surface area contributed by atoms with Gasteiger partial charge in [-0.15, -0.1) is 0 Å². The molecule has 1 aliphatic heterocycles. The van der Waals surface area contributed by atoms with Crippen LogP contribution < -0.4 is 5.32 Å². The lowest BCUT2D eigenvalue weighted by Crippen LogP contribution is -2.53. The lowest BCUT2D eigenvalue weighted by Gasteiger charge is -2.40. The summed E-state index contributed by atoms with van der Waals surface area (Å²) in [6.07, 6.45) is 2.08. The topological polar surface area (TPSA) is 95.9 Å². The number of ether oxygens (including phenoxy) is 1. The second kappa shape index (κ2) is 10.5. The summed E-state index contributed by atoms with van der Waals surface area (Å²) in [5.41, 5.74) is 3.82. The Bertz CT molecular complexity index is 1040. The van der Waals surface area contributed by atoms with Gasteiger partial charge in [-0.3, -0.25) is 9.59 Å².